The Bertz CT molecular complexity index is 1370. The molecule has 4 rings (SSSR count). The molecule has 0 unspecified atom stereocenters. The summed E-state index contributed by atoms with van der Waals surface area (Å²) < 4.78 is 56.2. The van der Waals surface area contributed by atoms with Crippen LogP contribution in [0.3, 0.4) is 0 Å². The molecular formula is C32H47F2N7O6. The van der Waals surface area contributed by atoms with Crippen LogP contribution >= 0.6 is 0 Å². The number of urea groups is 1. The summed E-state index contributed by atoms with van der Waals surface area (Å²) in [5.74, 6) is -0.804. The first-order valence-electron chi connectivity index (χ1n) is 16.3. The molecule has 0 radical (unpaired) electrons. The van der Waals surface area contributed by atoms with Crippen LogP contribution in [0.25, 0.3) is 22.4 Å². The standard InChI is InChI=1S/C32H47F2N7O6/c1-3-43-12-14-46-11-9-41(32(42)35-8-10-45-16-17-47-15-13-44-4-2)25-7-5-6-24(19-25)39-31-28(34)22-38-30(40-31)27-21-37-29-26(27)18-23(33)20-36-29/h18,20-22,24-25H,3-17,19H2,1-2H3,(H,35,42)(H,36,37)(H,38,39,40)/t24-,25+/m0/s1. The molecule has 3 aromatic heterocycles. The molecule has 3 aromatic rings. The van der Waals surface area contributed by atoms with E-state index in [9.17, 15) is 13.6 Å². The van der Waals surface area contributed by atoms with Gasteiger partial charge in [-0.25, -0.2) is 28.5 Å². The summed E-state index contributed by atoms with van der Waals surface area (Å²) in [4.78, 5) is 30.8. The summed E-state index contributed by atoms with van der Waals surface area (Å²) in [5, 5.41) is 6.70. The van der Waals surface area contributed by atoms with Gasteiger partial charge in [0.25, 0.3) is 0 Å². The summed E-state index contributed by atoms with van der Waals surface area (Å²) in [7, 11) is 0. The van der Waals surface area contributed by atoms with Gasteiger partial charge in [-0.3, -0.25) is 0 Å². The van der Waals surface area contributed by atoms with Gasteiger partial charge in [0.05, 0.1) is 65.2 Å². The van der Waals surface area contributed by atoms with E-state index in [-0.39, 0.29) is 29.8 Å². The number of nitrogens with one attached hydrogen (secondary N) is 3. The minimum absolute atomic E-state index is 0.0497. The van der Waals surface area contributed by atoms with Crippen LogP contribution in [-0.2, 0) is 23.7 Å². The lowest BCUT2D eigenvalue weighted by Crippen LogP contribution is -2.51. The SMILES string of the molecule is CCOCCOCCOCCNC(=O)N(CCOCCOCC)[C@@H]1CCC[C@H](Nc2nc(-c3c[nH]c4ncc(F)cc34)ncc2F)C1. The average Bonchev–Trinajstić information content (AvgIpc) is 3.49. The Morgan fingerprint density at radius 2 is 1.64 bits per heavy atom. The van der Waals surface area contributed by atoms with Gasteiger partial charge in [0.1, 0.15) is 11.5 Å². The first-order chi connectivity index (χ1) is 23.0. The molecule has 0 saturated heterocycles. The number of amides is 2. The molecule has 0 bridgehead atoms. The van der Waals surface area contributed by atoms with E-state index < -0.39 is 11.6 Å². The highest BCUT2D eigenvalue weighted by molar-refractivity contribution is 5.91. The van der Waals surface area contributed by atoms with Crippen LogP contribution in [0.5, 0.6) is 0 Å². The molecule has 0 spiro atoms. The van der Waals surface area contributed by atoms with Gasteiger partial charge in [0.2, 0.25) is 0 Å². The van der Waals surface area contributed by atoms with Crippen LogP contribution < -0.4 is 10.6 Å². The van der Waals surface area contributed by atoms with Crippen molar-refractivity contribution < 1.29 is 37.3 Å². The zero-order chi connectivity index (χ0) is 33.3. The second-order valence-corrected chi connectivity index (χ2v) is 11.0. The molecule has 2 atom stereocenters. The number of anilines is 1. The molecule has 2 amide bonds. The van der Waals surface area contributed by atoms with Crippen molar-refractivity contribution in [3.63, 3.8) is 0 Å². The largest absolute Gasteiger partial charge is 0.379 e. The van der Waals surface area contributed by atoms with Crippen molar-refractivity contribution in [1.82, 2.24) is 30.2 Å². The monoisotopic (exact) mass is 663 g/mol. The minimum Gasteiger partial charge on any atom is -0.379 e. The molecule has 3 N–H and O–H groups in total. The van der Waals surface area contributed by atoms with Crippen molar-refractivity contribution >= 4 is 22.9 Å². The number of nitrogens with zero attached hydrogens (tertiary/aromatic N) is 4. The molecule has 1 saturated carbocycles. The Kier molecular flexibility index (Phi) is 15.5. The van der Waals surface area contributed by atoms with Crippen LogP contribution in [0.1, 0.15) is 39.5 Å². The van der Waals surface area contributed by atoms with Gasteiger partial charge in [0.15, 0.2) is 17.5 Å². The summed E-state index contributed by atoms with van der Waals surface area (Å²) in [6, 6.07) is 0.874. The van der Waals surface area contributed by atoms with Crippen molar-refractivity contribution in [3.05, 3.63) is 36.3 Å². The van der Waals surface area contributed by atoms with Crippen LogP contribution in [-0.4, -0.2) is 122 Å². The maximum absolute atomic E-state index is 14.9. The second-order valence-electron chi connectivity index (χ2n) is 11.0. The predicted molar refractivity (Wildman–Crippen MR) is 172 cm³/mol. The third kappa shape index (κ3) is 11.6. The molecule has 1 aliphatic rings. The Balaban J connectivity index is 1.33. The molecule has 260 valence electrons. The molecule has 3 heterocycles. The molecule has 0 aromatic carbocycles. The quantitative estimate of drug-likeness (QED) is 0.142. The Morgan fingerprint density at radius 1 is 0.936 bits per heavy atom. The van der Waals surface area contributed by atoms with E-state index in [0.717, 1.165) is 31.7 Å². The maximum atomic E-state index is 14.9. The van der Waals surface area contributed by atoms with E-state index >= 15 is 0 Å². The van der Waals surface area contributed by atoms with Gasteiger partial charge in [-0.15, -0.1) is 0 Å². The van der Waals surface area contributed by atoms with Crippen LogP contribution in [0.15, 0.2) is 24.7 Å². The molecule has 15 heteroatoms. The number of aromatic amines is 1. The highest BCUT2D eigenvalue weighted by Crippen LogP contribution is 2.29. The Hall–Kier alpha value is -3.50. The third-order valence-corrected chi connectivity index (χ3v) is 7.70. The van der Waals surface area contributed by atoms with Crippen molar-refractivity contribution in [1.29, 1.82) is 0 Å². The summed E-state index contributed by atoms with van der Waals surface area (Å²) in [5.41, 5.74) is 0.995. The van der Waals surface area contributed by atoms with E-state index in [1.807, 2.05) is 13.8 Å². The van der Waals surface area contributed by atoms with E-state index in [1.165, 1.54) is 6.07 Å². The fraction of sp³-hybridized carbons (Fsp3) is 0.625. The van der Waals surface area contributed by atoms with Crippen LogP contribution in [0.2, 0.25) is 0 Å². The van der Waals surface area contributed by atoms with Gasteiger partial charge in [-0.05, 0) is 45.6 Å². The fourth-order valence-corrected chi connectivity index (χ4v) is 5.43. The minimum atomic E-state index is -0.600. The highest BCUT2D eigenvalue weighted by atomic mass is 19.1. The number of rotatable bonds is 21. The summed E-state index contributed by atoms with van der Waals surface area (Å²) in [6.45, 7) is 9.43. The molecule has 1 aliphatic carbocycles. The van der Waals surface area contributed by atoms with E-state index in [2.05, 4.69) is 30.6 Å². The Labute approximate surface area is 274 Å². The second kappa shape index (κ2) is 20.0. The van der Waals surface area contributed by atoms with Crippen molar-refractivity contribution in [2.45, 2.75) is 51.6 Å². The van der Waals surface area contributed by atoms with Gasteiger partial charge < -0.3 is 44.2 Å². The number of aromatic nitrogens is 4. The summed E-state index contributed by atoms with van der Waals surface area (Å²) >= 11 is 0. The zero-order valence-corrected chi connectivity index (χ0v) is 27.3. The molecule has 1 fully saturated rings. The number of H-pyrrole nitrogens is 1. The lowest BCUT2D eigenvalue weighted by atomic mass is 9.90. The van der Waals surface area contributed by atoms with Crippen LogP contribution in [0.4, 0.5) is 19.4 Å². The molecule has 13 nitrogen and oxygen atoms in total. The molecular weight excluding hydrogens is 616 g/mol. The molecule has 47 heavy (non-hydrogen) atoms. The van der Waals surface area contributed by atoms with Gasteiger partial charge in [-0.1, -0.05) is 0 Å². The van der Waals surface area contributed by atoms with Crippen molar-refractivity contribution in [3.8, 4) is 11.4 Å². The fourth-order valence-electron chi connectivity index (χ4n) is 5.43. The van der Waals surface area contributed by atoms with Gasteiger partial charge in [0, 0.05) is 55.5 Å². The van der Waals surface area contributed by atoms with E-state index in [1.54, 1.807) is 11.1 Å². The number of ether oxygens (including phenoxy) is 5. The van der Waals surface area contributed by atoms with Crippen LogP contribution in [0, 0.1) is 11.6 Å². The topological polar surface area (TPSA) is 145 Å². The first-order valence-corrected chi connectivity index (χ1v) is 16.3. The normalized spacial score (nSPS) is 16.4. The van der Waals surface area contributed by atoms with Crippen molar-refractivity contribution in [2.24, 2.45) is 0 Å². The average molecular weight is 664 g/mol. The zero-order valence-electron chi connectivity index (χ0n) is 27.3. The lowest BCUT2D eigenvalue weighted by molar-refractivity contribution is 0.0174. The first kappa shape index (κ1) is 36.3. The third-order valence-electron chi connectivity index (χ3n) is 7.70. The summed E-state index contributed by atoms with van der Waals surface area (Å²) in [6.07, 6.45) is 6.84. The number of pyridine rings is 1. The van der Waals surface area contributed by atoms with Gasteiger partial charge in [-0.2, -0.15) is 0 Å². The number of hydrogen-bond donors (Lipinski definition) is 3. The van der Waals surface area contributed by atoms with E-state index in [0.29, 0.717) is 102 Å². The number of halogens is 2. The molecule has 0 aliphatic heterocycles. The number of fused-ring (bicyclic) bond motifs is 1. The lowest BCUT2D eigenvalue weighted by Gasteiger charge is -2.38. The number of carbonyl (C=O) groups excluding carboxylic acids is 1. The highest BCUT2D eigenvalue weighted by Gasteiger charge is 2.30. The number of carbonyl (C=O) groups is 1. The maximum Gasteiger partial charge on any atom is 0.317 e. The predicted octanol–water partition coefficient (Wildman–Crippen LogP) is 4.16. The van der Waals surface area contributed by atoms with Crippen molar-refractivity contribution in [2.75, 3.05) is 84.5 Å². The number of hydrogen-bond acceptors (Lipinski definition) is 10. The van der Waals surface area contributed by atoms with Gasteiger partial charge >= 0.3 is 6.03 Å². The van der Waals surface area contributed by atoms with E-state index in [4.69, 9.17) is 23.7 Å². The smallest absolute Gasteiger partial charge is 0.317 e. The Morgan fingerprint density at radius 3 is 2.38 bits per heavy atom.